The summed E-state index contributed by atoms with van der Waals surface area (Å²) >= 11 is 0. The van der Waals surface area contributed by atoms with E-state index in [4.69, 9.17) is 0 Å². The number of carbonyl (C=O) groups excluding carboxylic acids is 1. The normalized spacial score (nSPS) is 20.6. The van der Waals surface area contributed by atoms with Crippen molar-refractivity contribution < 1.29 is 9.90 Å². The van der Waals surface area contributed by atoms with E-state index in [9.17, 15) is 9.90 Å². The first-order valence-electron chi connectivity index (χ1n) is 8.22. The van der Waals surface area contributed by atoms with Crippen LogP contribution in [0.5, 0.6) is 0 Å². The number of carbonyl (C=O) groups is 1. The van der Waals surface area contributed by atoms with Gasteiger partial charge in [-0.3, -0.25) is 0 Å². The fourth-order valence-electron chi connectivity index (χ4n) is 2.87. The zero-order valence-corrected chi connectivity index (χ0v) is 14.4. The highest BCUT2D eigenvalue weighted by Crippen LogP contribution is 2.17. The quantitative estimate of drug-likeness (QED) is 0.788. The number of urea groups is 1. The van der Waals surface area contributed by atoms with Crippen molar-refractivity contribution in [1.29, 1.82) is 0 Å². The second-order valence-electron chi connectivity index (χ2n) is 7.11. The molecule has 2 N–H and O–H groups in total. The lowest BCUT2D eigenvalue weighted by molar-refractivity contribution is 0.0475. The Morgan fingerprint density at radius 2 is 2.14 bits per heavy atom. The molecule has 0 aliphatic carbocycles. The Morgan fingerprint density at radius 3 is 2.67 bits per heavy atom. The van der Waals surface area contributed by atoms with Crippen LogP contribution >= 0.6 is 0 Å². The lowest BCUT2D eigenvalue weighted by Gasteiger charge is -2.36. The van der Waals surface area contributed by atoms with Crippen LogP contribution in [0.2, 0.25) is 0 Å². The monoisotopic (exact) mass is 299 g/mol. The lowest BCUT2D eigenvalue weighted by Crippen LogP contribution is -2.49. The van der Waals surface area contributed by atoms with Crippen molar-refractivity contribution in [3.63, 3.8) is 0 Å². The van der Waals surface area contributed by atoms with Gasteiger partial charge in [0.15, 0.2) is 0 Å². The van der Waals surface area contributed by atoms with E-state index in [1.54, 1.807) is 18.7 Å². The molecule has 0 saturated carbocycles. The summed E-state index contributed by atoms with van der Waals surface area (Å²) in [5.41, 5.74) is -0.855. The molecule has 1 unspecified atom stereocenters. The molecule has 0 aromatic rings. The third-order valence-corrected chi connectivity index (χ3v) is 4.07. The lowest BCUT2D eigenvalue weighted by atomic mass is 9.97. The maximum Gasteiger partial charge on any atom is 0.317 e. The molecule has 0 spiro atoms. The largest absolute Gasteiger partial charge is 0.389 e. The number of hydrogen-bond donors (Lipinski definition) is 2. The van der Waals surface area contributed by atoms with Gasteiger partial charge in [0.2, 0.25) is 0 Å². The summed E-state index contributed by atoms with van der Waals surface area (Å²) in [6.45, 7) is 13.8. The number of nitrogens with zero attached hydrogens (tertiary/aromatic N) is 2. The minimum Gasteiger partial charge on any atom is -0.389 e. The van der Waals surface area contributed by atoms with Gasteiger partial charge in [-0.15, -0.1) is 0 Å². The van der Waals surface area contributed by atoms with Crippen LogP contribution in [0.15, 0.2) is 0 Å². The number of aliphatic hydroxyl groups is 1. The Bertz CT molecular complexity index is 326. The first-order chi connectivity index (χ1) is 9.73. The average Bonchev–Trinajstić information content (AvgIpc) is 2.41. The number of hydrogen-bond acceptors (Lipinski definition) is 3. The van der Waals surface area contributed by atoms with Crippen molar-refractivity contribution in [2.45, 2.75) is 59.1 Å². The third kappa shape index (κ3) is 6.66. The Morgan fingerprint density at radius 1 is 1.48 bits per heavy atom. The van der Waals surface area contributed by atoms with Gasteiger partial charge >= 0.3 is 6.03 Å². The molecule has 0 bridgehead atoms. The molecule has 1 rings (SSSR count). The second-order valence-corrected chi connectivity index (χ2v) is 7.11. The number of rotatable bonds is 6. The molecule has 1 fully saturated rings. The summed E-state index contributed by atoms with van der Waals surface area (Å²) in [7, 11) is 0. The van der Waals surface area contributed by atoms with E-state index >= 15 is 0 Å². The molecule has 1 aliphatic rings. The average molecular weight is 299 g/mol. The number of likely N-dealkylation sites (tertiary alicyclic amines) is 1. The smallest absolute Gasteiger partial charge is 0.317 e. The molecule has 21 heavy (non-hydrogen) atoms. The van der Waals surface area contributed by atoms with Gasteiger partial charge in [0.05, 0.1) is 12.1 Å². The highest BCUT2D eigenvalue weighted by Gasteiger charge is 2.24. The summed E-state index contributed by atoms with van der Waals surface area (Å²) in [6.07, 6.45) is 2.39. The molecule has 0 radical (unpaired) electrons. The Labute approximate surface area is 129 Å². The molecular weight excluding hydrogens is 266 g/mol. The van der Waals surface area contributed by atoms with Crippen LogP contribution in [-0.2, 0) is 0 Å². The van der Waals surface area contributed by atoms with Crippen LogP contribution in [0.4, 0.5) is 4.79 Å². The molecule has 1 atom stereocenters. The molecule has 124 valence electrons. The van der Waals surface area contributed by atoms with E-state index in [-0.39, 0.29) is 6.03 Å². The molecular formula is C16H33N3O2. The van der Waals surface area contributed by atoms with E-state index < -0.39 is 5.60 Å². The third-order valence-electron chi connectivity index (χ3n) is 4.07. The fourth-order valence-corrected chi connectivity index (χ4v) is 2.87. The summed E-state index contributed by atoms with van der Waals surface area (Å²) in [4.78, 5) is 16.4. The van der Waals surface area contributed by atoms with Gasteiger partial charge in [0.25, 0.3) is 0 Å². The van der Waals surface area contributed by atoms with Crippen molar-refractivity contribution in [2.75, 3.05) is 32.7 Å². The van der Waals surface area contributed by atoms with Crippen LogP contribution in [0.3, 0.4) is 0 Å². The van der Waals surface area contributed by atoms with E-state index in [0.29, 0.717) is 25.0 Å². The minimum absolute atomic E-state index is 0.0682. The molecule has 0 aromatic carbocycles. The van der Waals surface area contributed by atoms with Gasteiger partial charge in [-0.25, -0.2) is 4.79 Å². The summed E-state index contributed by atoms with van der Waals surface area (Å²) in [5.74, 6) is 0.533. The predicted molar refractivity (Wildman–Crippen MR) is 86.4 cm³/mol. The number of amides is 2. The van der Waals surface area contributed by atoms with Crippen LogP contribution < -0.4 is 5.32 Å². The maximum atomic E-state index is 12.2. The van der Waals surface area contributed by atoms with Gasteiger partial charge in [-0.05, 0) is 59.9 Å². The molecule has 5 heteroatoms. The Hall–Kier alpha value is -0.810. The first kappa shape index (κ1) is 18.2. The topological polar surface area (TPSA) is 55.8 Å². The van der Waals surface area contributed by atoms with Crippen molar-refractivity contribution in [3.05, 3.63) is 0 Å². The van der Waals surface area contributed by atoms with Gasteiger partial charge in [-0.2, -0.15) is 0 Å². The van der Waals surface area contributed by atoms with Crippen LogP contribution in [0.25, 0.3) is 0 Å². The second kappa shape index (κ2) is 7.99. The van der Waals surface area contributed by atoms with Crippen molar-refractivity contribution in [2.24, 2.45) is 5.92 Å². The van der Waals surface area contributed by atoms with Crippen molar-refractivity contribution >= 4 is 6.03 Å². The SMILES string of the molecule is CCN(CC(C)(C)O)C(=O)NCC1CCCN(C(C)C)C1. The van der Waals surface area contributed by atoms with Crippen molar-refractivity contribution in [3.8, 4) is 0 Å². The zero-order chi connectivity index (χ0) is 16.0. The van der Waals surface area contributed by atoms with Crippen LogP contribution in [-0.4, -0.2) is 65.3 Å². The van der Waals surface area contributed by atoms with E-state index in [0.717, 1.165) is 13.1 Å². The predicted octanol–water partition coefficient (Wildman–Crippen LogP) is 1.91. The first-order valence-corrected chi connectivity index (χ1v) is 8.22. The Balaban J connectivity index is 2.40. The molecule has 1 heterocycles. The maximum absolute atomic E-state index is 12.2. The van der Waals surface area contributed by atoms with Gasteiger partial charge in [-0.1, -0.05) is 0 Å². The fraction of sp³-hybridized carbons (Fsp3) is 0.938. The zero-order valence-electron chi connectivity index (χ0n) is 14.4. The van der Waals surface area contributed by atoms with Gasteiger partial charge in [0, 0.05) is 25.7 Å². The summed E-state index contributed by atoms with van der Waals surface area (Å²) < 4.78 is 0. The van der Waals surface area contributed by atoms with E-state index in [1.807, 2.05) is 6.92 Å². The molecule has 0 aromatic heterocycles. The van der Waals surface area contributed by atoms with E-state index in [1.165, 1.54) is 19.4 Å². The van der Waals surface area contributed by atoms with Crippen LogP contribution in [0.1, 0.15) is 47.5 Å². The molecule has 2 amide bonds. The van der Waals surface area contributed by atoms with E-state index in [2.05, 4.69) is 24.1 Å². The summed E-state index contributed by atoms with van der Waals surface area (Å²) in [5, 5.41) is 12.9. The van der Waals surface area contributed by atoms with Gasteiger partial charge < -0.3 is 20.2 Å². The number of nitrogens with one attached hydrogen (secondary N) is 1. The minimum atomic E-state index is -0.855. The summed E-state index contributed by atoms with van der Waals surface area (Å²) in [6, 6.07) is 0.507. The van der Waals surface area contributed by atoms with Crippen molar-refractivity contribution in [1.82, 2.24) is 15.1 Å². The standard InChI is InChI=1S/C16H33N3O2/c1-6-18(12-16(4,5)21)15(20)17-10-14-8-7-9-19(11-14)13(2)3/h13-14,21H,6-12H2,1-5H3,(H,17,20). The Kier molecular flexibility index (Phi) is 6.94. The number of piperidine rings is 1. The number of likely N-dealkylation sites (N-methyl/N-ethyl adjacent to an activating group) is 1. The van der Waals surface area contributed by atoms with Gasteiger partial charge in [0.1, 0.15) is 0 Å². The molecule has 1 aliphatic heterocycles. The molecule has 5 nitrogen and oxygen atoms in total. The highest BCUT2D eigenvalue weighted by atomic mass is 16.3. The van der Waals surface area contributed by atoms with Crippen LogP contribution in [0, 0.1) is 5.92 Å². The highest BCUT2D eigenvalue weighted by molar-refractivity contribution is 5.74. The molecule has 1 saturated heterocycles.